The summed E-state index contributed by atoms with van der Waals surface area (Å²) in [6, 6.07) is 3.30. The molecule has 102 valence electrons. The van der Waals surface area contributed by atoms with Gasteiger partial charge in [-0.3, -0.25) is 4.90 Å². The molecule has 2 N–H and O–H groups in total. The van der Waals surface area contributed by atoms with Crippen LogP contribution in [0.1, 0.15) is 44.0 Å². The van der Waals surface area contributed by atoms with Crippen molar-refractivity contribution in [2.24, 2.45) is 11.7 Å². The first-order valence-electron chi connectivity index (χ1n) is 6.82. The summed E-state index contributed by atoms with van der Waals surface area (Å²) in [7, 11) is 0. The van der Waals surface area contributed by atoms with E-state index in [4.69, 9.17) is 5.73 Å². The van der Waals surface area contributed by atoms with Gasteiger partial charge >= 0.3 is 0 Å². The van der Waals surface area contributed by atoms with E-state index in [1.165, 1.54) is 35.2 Å². The van der Waals surface area contributed by atoms with Crippen LogP contribution in [-0.2, 0) is 0 Å². The van der Waals surface area contributed by atoms with E-state index in [1.54, 1.807) is 0 Å². The highest BCUT2D eigenvalue weighted by Gasteiger charge is 2.34. The minimum atomic E-state index is 0.394. The summed E-state index contributed by atoms with van der Waals surface area (Å²) in [5.41, 5.74) is 6.05. The van der Waals surface area contributed by atoms with Gasteiger partial charge < -0.3 is 5.73 Å². The fraction of sp³-hybridized carbons (Fsp3) is 0.714. The van der Waals surface area contributed by atoms with Gasteiger partial charge in [0.15, 0.2) is 0 Å². The van der Waals surface area contributed by atoms with Crippen molar-refractivity contribution in [1.82, 2.24) is 4.90 Å². The summed E-state index contributed by atoms with van der Waals surface area (Å²) < 4.78 is 1.22. The number of nitrogens with zero attached hydrogens (tertiary/aromatic N) is 1. The fourth-order valence-electron chi connectivity index (χ4n) is 2.34. The molecule has 1 aromatic heterocycles. The van der Waals surface area contributed by atoms with Gasteiger partial charge in [0.2, 0.25) is 0 Å². The molecular weight excluding hydrogens is 308 g/mol. The van der Waals surface area contributed by atoms with E-state index in [2.05, 4.69) is 46.1 Å². The lowest BCUT2D eigenvalue weighted by molar-refractivity contribution is 0.183. The molecule has 1 aromatic rings. The number of rotatable bonds is 7. The van der Waals surface area contributed by atoms with Crippen molar-refractivity contribution in [1.29, 1.82) is 0 Å². The summed E-state index contributed by atoms with van der Waals surface area (Å²) >= 11 is 5.48. The predicted molar refractivity (Wildman–Crippen MR) is 83.0 cm³/mol. The summed E-state index contributed by atoms with van der Waals surface area (Å²) in [6.45, 7) is 6.48. The molecule has 4 heteroatoms. The quantitative estimate of drug-likeness (QED) is 0.818. The number of nitrogens with two attached hydrogens (primary N) is 1. The largest absolute Gasteiger partial charge is 0.329 e. The highest BCUT2D eigenvalue weighted by molar-refractivity contribution is 9.10. The standard InChI is InChI=1S/C14H23BrN2S/c1-10(2)5-7-17(11-3-4-11)13(9-16)14-12(15)6-8-18-14/h6,8,10-11,13H,3-5,7,9,16H2,1-2H3. The van der Waals surface area contributed by atoms with Gasteiger partial charge in [-0.2, -0.15) is 0 Å². The number of hydrogen-bond acceptors (Lipinski definition) is 3. The van der Waals surface area contributed by atoms with Crippen LogP contribution in [-0.4, -0.2) is 24.0 Å². The van der Waals surface area contributed by atoms with Gasteiger partial charge in [0, 0.05) is 21.9 Å². The van der Waals surface area contributed by atoms with Crippen LogP contribution in [0.15, 0.2) is 15.9 Å². The lowest BCUT2D eigenvalue weighted by atomic mass is 10.1. The van der Waals surface area contributed by atoms with Crippen molar-refractivity contribution in [2.75, 3.05) is 13.1 Å². The van der Waals surface area contributed by atoms with Crippen LogP contribution in [0.4, 0.5) is 0 Å². The Balaban J connectivity index is 2.09. The molecule has 18 heavy (non-hydrogen) atoms. The second-order valence-electron chi connectivity index (χ2n) is 5.54. The summed E-state index contributed by atoms with van der Waals surface area (Å²) in [5, 5.41) is 2.15. The normalized spacial score (nSPS) is 17.7. The minimum Gasteiger partial charge on any atom is -0.329 e. The molecule has 0 aromatic carbocycles. The van der Waals surface area contributed by atoms with E-state index in [0.29, 0.717) is 12.6 Å². The lowest BCUT2D eigenvalue weighted by Crippen LogP contribution is -2.36. The molecule has 1 aliphatic rings. The van der Waals surface area contributed by atoms with E-state index in [-0.39, 0.29) is 0 Å². The predicted octanol–water partition coefficient (Wildman–Crippen LogP) is 4.02. The van der Waals surface area contributed by atoms with Crippen molar-refractivity contribution >= 4 is 27.3 Å². The Bertz CT molecular complexity index is 374. The SMILES string of the molecule is CC(C)CCN(C1CC1)C(CN)c1sccc1Br. The Morgan fingerprint density at radius 1 is 1.50 bits per heavy atom. The highest BCUT2D eigenvalue weighted by Crippen LogP contribution is 2.38. The smallest absolute Gasteiger partial charge is 0.0578 e. The molecule has 1 aliphatic carbocycles. The number of thiophene rings is 1. The molecule has 0 amide bonds. The average molecular weight is 331 g/mol. The lowest BCUT2D eigenvalue weighted by Gasteiger charge is -2.31. The molecule has 2 nitrogen and oxygen atoms in total. The number of halogens is 1. The van der Waals surface area contributed by atoms with Gasteiger partial charge in [0.1, 0.15) is 0 Å². The van der Waals surface area contributed by atoms with Gasteiger partial charge in [0.25, 0.3) is 0 Å². The summed E-state index contributed by atoms with van der Waals surface area (Å²) in [5.74, 6) is 0.761. The van der Waals surface area contributed by atoms with Crippen LogP contribution in [0.5, 0.6) is 0 Å². The highest BCUT2D eigenvalue weighted by atomic mass is 79.9. The molecule has 1 fully saturated rings. The van der Waals surface area contributed by atoms with Gasteiger partial charge in [-0.25, -0.2) is 0 Å². The third-order valence-corrected chi connectivity index (χ3v) is 5.52. The van der Waals surface area contributed by atoms with Crippen molar-refractivity contribution in [3.05, 3.63) is 20.8 Å². The maximum absolute atomic E-state index is 6.05. The van der Waals surface area contributed by atoms with Gasteiger partial charge in [-0.15, -0.1) is 11.3 Å². The van der Waals surface area contributed by atoms with E-state index in [1.807, 2.05) is 11.3 Å². The molecular formula is C14H23BrN2S. The van der Waals surface area contributed by atoms with E-state index in [9.17, 15) is 0 Å². The molecule has 0 radical (unpaired) electrons. The zero-order chi connectivity index (χ0) is 13.1. The second-order valence-corrected chi connectivity index (χ2v) is 7.34. The van der Waals surface area contributed by atoms with Crippen LogP contribution in [0, 0.1) is 5.92 Å². The fourth-order valence-corrected chi connectivity index (χ4v) is 4.11. The third-order valence-electron chi connectivity index (χ3n) is 3.55. The molecule has 1 heterocycles. The first-order valence-corrected chi connectivity index (χ1v) is 8.49. The van der Waals surface area contributed by atoms with Crippen molar-refractivity contribution in [2.45, 2.75) is 45.2 Å². The minimum absolute atomic E-state index is 0.394. The van der Waals surface area contributed by atoms with E-state index >= 15 is 0 Å². The Kier molecular flexibility index (Phi) is 5.24. The van der Waals surface area contributed by atoms with Crippen molar-refractivity contribution in [3.63, 3.8) is 0 Å². The maximum atomic E-state index is 6.05. The molecule has 1 unspecified atom stereocenters. The maximum Gasteiger partial charge on any atom is 0.0578 e. The van der Waals surface area contributed by atoms with Crippen LogP contribution < -0.4 is 5.73 Å². The van der Waals surface area contributed by atoms with Crippen LogP contribution in [0.25, 0.3) is 0 Å². The van der Waals surface area contributed by atoms with Gasteiger partial charge in [-0.05, 0) is 59.1 Å². The molecule has 0 aliphatic heterocycles. The Hall–Kier alpha value is 0.100. The zero-order valence-corrected chi connectivity index (χ0v) is 13.6. The third kappa shape index (κ3) is 3.56. The molecule has 0 saturated heterocycles. The monoisotopic (exact) mass is 330 g/mol. The molecule has 0 bridgehead atoms. The summed E-state index contributed by atoms with van der Waals surface area (Å²) in [6.07, 6.45) is 3.95. The summed E-state index contributed by atoms with van der Waals surface area (Å²) in [4.78, 5) is 4.03. The van der Waals surface area contributed by atoms with Gasteiger partial charge in [0.05, 0.1) is 6.04 Å². The molecule has 1 atom stereocenters. The molecule has 2 rings (SSSR count). The number of hydrogen-bond donors (Lipinski definition) is 1. The van der Waals surface area contributed by atoms with Crippen molar-refractivity contribution in [3.8, 4) is 0 Å². The molecule has 0 spiro atoms. The first-order chi connectivity index (χ1) is 8.63. The topological polar surface area (TPSA) is 29.3 Å². The van der Waals surface area contributed by atoms with Crippen LogP contribution in [0.2, 0.25) is 0 Å². The Morgan fingerprint density at radius 2 is 2.22 bits per heavy atom. The van der Waals surface area contributed by atoms with Gasteiger partial charge in [-0.1, -0.05) is 13.8 Å². The first kappa shape index (κ1) is 14.5. The van der Waals surface area contributed by atoms with Crippen LogP contribution in [0.3, 0.4) is 0 Å². The van der Waals surface area contributed by atoms with E-state index < -0.39 is 0 Å². The van der Waals surface area contributed by atoms with Crippen molar-refractivity contribution < 1.29 is 0 Å². The zero-order valence-electron chi connectivity index (χ0n) is 11.2. The van der Waals surface area contributed by atoms with E-state index in [0.717, 1.165) is 12.0 Å². The average Bonchev–Trinajstić information content (AvgIpc) is 3.08. The Morgan fingerprint density at radius 3 is 2.67 bits per heavy atom. The molecule has 1 saturated carbocycles. The van der Waals surface area contributed by atoms with Crippen LogP contribution >= 0.6 is 27.3 Å². The Labute approximate surface area is 123 Å². The second kappa shape index (κ2) is 6.51.